The van der Waals surface area contributed by atoms with E-state index in [1.165, 1.54) is 6.42 Å². The van der Waals surface area contributed by atoms with Gasteiger partial charge >= 0.3 is 0 Å². The molecule has 0 bridgehead atoms. The Bertz CT molecular complexity index is 533. The Kier molecular flexibility index (Phi) is 5.65. The van der Waals surface area contributed by atoms with Gasteiger partial charge in [0.05, 0.1) is 5.75 Å². The highest BCUT2D eigenvalue weighted by atomic mass is 32.2. The lowest BCUT2D eigenvalue weighted by molar-refractivity contribution is 0.247. The lowest BCUT2D eigenvalue weighted by Crippen LogP contribution is -2.42. The average Bonchev–Trinajstić information content (AvgIpc) is 2.47. The van der Waals surface area contributed by atoms with Crippen LogP contribution in [0.25, 0.3) is 0 Å². The smallest absolute Gasteiger partial charge is 0.214 e. The van der Waals surface area contributed by atoms with Crippen molar-refractivity contribution in [3.05, 3.63) is 29.8 Å². The van der Waals surface area contributed by atoms with Crippen molar-refractivity contribution < 1.29 is 13.5 Å². The van der Waals surface area contributed by atoms with Crippen LogP contribution >= 0.6 is 0 Å². The fourth-order valence-electron chi connectivity index (χ4n) is 2.98. The Labute approximate surface area is 127 Å². The van der Waals surface area contributed by atoms with Crippen molar-refractivity contribution >= 4 is 10.0 Å². The molecule has 1 aromatic rings. The van der Waals surface area contributed by atoms with Crippen molar-refractivity contribution in [1.29, 1.82) is 0 Å². The molecule has 118 valence electrons. The quantitative estimate of drug-likeness (QED) is 0.877. The SMILES string of the molecule is CCCS(=O)(=O)N(Cc1ccc(O)cc1)C1CCCCC1. The van der Waals surface area contributed by atoms with Gasteiger partial charge in [-0.15, -0.1) is 0 Å². The molecule has 1 aromatic carbocycles. The van der Waals surface area contributed by atoms with E-state index in [1.807, 2.05) is 6.92 Å². The summed E-state index contributed by atoms with van der Waals surface area (Å²) in [5.41, 5.74) is 0.929. The third kappa shape index (κ3) is 4.45. The van der Waals surface area contributed by atoms with Crippen molar-refractivity contribution in [2.75, 3.05) is 5.75 Å². The Morgan fingerprint density at radius 2 is 1.76 bits per heavy atom. The van der Waals surface area contributed by atoms with Gasteiger partial charge in [-0.3, -0.25) is 0 Å². The van der Waals surface area contributed by atoms with Gasteiger partial charge in [-0.25, -0.2) is 8.42 Å². The Hall–Kier alpha value is -1.07. The van der Waals surface area contributed by atoms with Gasteiger partial charge in [0.25, 0.3) is 0 Å². The third-order valence-electron chi connectivity index (χ3n) is 4.08. The number of phenolic OH excluding ortho intramolecular Hbond substituents is 1. The van der Waals surface area contributed by atoms with Crippen molar-refractivity contribution in [3.8, 4) is 5.75 Å². The van der Waals surface area contributed by atoms with E-state index in [0.717, 1.165) is 31.2 Å². The number of sulfonamides is 1. The van der Waals surface area contributed by atoms with Crippen LogP contribution in [0, 0.1) is 0 Å². The Balaban J connectivity index is 2.20. The average molecular weight is 311 g/mol. The van der Waals surface area contributed by atoms with Crippen LogP contribution in [-0.4, -0.2) is 29.6 Å². The van der Waals surface area contributed by atoms with Gasteiger partial charge in [0, 0.05) is 12.6 Å². The molecule has 0 spiro atoms. The number of rotatable bonds is 6. The van der Waals surface area contributed by atoms with E-state index >= 15 is 0 Å². The van der Waals surface area contributed by atoms with Crippen LogP contribution in [-0.2, 0) is 16.6 Å². The first kappa shape index (κ1) is 16.3. The molecule has 0 saturated heterocycles. The number of benzene rings is 1. The zero-order valence-electron chi connectivity index (χ0n) is 12.7. The fourth-order valence-corrected chi connectivity index (χ4v) is 4.74. The van der Waals surface area contributed by atoms with E-state index in [2.05, 4.69) is 0 Å². The van der Waals surface area contributed by atoms with Crippen LogP contribution in [0.15, 0.2) is 24.3 Å². The molecule has 1 aliphatic rings. The summed E-state index contributed by atoms with van der Waals surface area (Å²) in [5.74, 6) is 0.418. The molecule has 1 aliphatic carbocycles. The first-order valence-electron chi connectivity index (χ1n) is 7.80. The van der Waals surface area contributed by atoms with Crippen LogP contribution in [0.3, 0.4) is 0 Å². The monoisotopic (exact) mass is 311 g/mol. The molecule has 4 nitrogen and oxygen atoms in total. The van der Waals surface area contributed by atoms with Crippen molar-refractivity contribution in [2.45, 2.75) is 58.0 Å². The molecular formula is C16H25NO3S. The van der Waals surface area contributed by atoms with Gasteiger partial charge in [0.15, 0.2) is 0 Å². The molecular weight excluding hydrogens is 286 g/mol. The molecule has 1 saturated carbocycles. The zero-order valence-corrected chi connectivity index (χ0v) is 13.5. The molecule has 0 aromatic heterocycles. The van der Waals surface area contributed by atoms with Gasteiger partial charge in [-0.2, -0.15) is 4.31 Å². The second kappa shape index (κ2) is 7.27. The van der Waals surface area contributed by atoms with E-state index in [4.69, 9.17) is 0 Å². The van der Waals surface area contributed by atoms with Gasteiger partial charge in [0.2, 0.25) is 10.0 Å². The van der Waals surface area contributed by atoms with Crippen LogP contribution in [0.4, 0.5) is 0 Å². The molecule has 0 amide bonds. The standard InChI is InChI=1S/C16H25NO3S/c1-2-12-21(19,20)17(15-6-4-3-5-7-15)13-14-8-10-16(18)11-9-14/h8-11,15,18H,2-7,12-13H2,1H3. The van der Waals surface area contributed by atoms with Gasteiger partial charge in [-0.1, -0.05) is 38.3 Å². The molecule has 2 rings (SSSR count). The Morgan fingerprint density at radius 1 is 1.14 bits per heavy atom. The molecule has 21 heavy (non-hydrogen) atoms. The number of nitrogens with zero attached hydrogens (tertiary/aromatic N) is 1. The summed E-state index contributed by atoms with van der Waals surface area (Å²) in [6.45, 7) is 2.31. The highest BCUT2D eigenvalue weighted by molar-refractivity contribution is 7.89. The summed E-state index contributed by atoms with van der Waals surface area (Å²) in [6.07, 6.45) is 5.98. The molecule has 1 N–H and O–H groups in total. The molecule has 0 radical (unpaired) electrons. The van der Waals surface area contributed by atoms with Crippen LogP contribution in [0.5, 0.6) is 5.75 Å². The van der Waals surface area contributed by atoms with Crippen LogP contribution in [0.1, 0.15) is 51.0 Å². The maximum atomic E-state index is 12.6. The topological polar surface area (TPSA) is 57.6 Å². The third-order valence-corrected chi connectivity index (χ3v) is 6.14. The summed E-state index contributed by atoms with van der Waals surface area (Å²) >= 11 is 0. The summed E-state index contributed by atoms with van der Waals surface area (Å²) in [7, 11) is -3.21. The molecule has 5 heteroatoms. The van der Waals surface area contributed by atoms with E-state index in [-0.39, 0.29) is 17.5 Å². The number of hydrogen-bond donors (Lipinski definition) is 1. The van der Waals surface area contributed by atoms with E-state index < -0.39 is 10.0 Å². The fraction of sp³-hybridized carbons (Fsp3) is 0.625. The molecule has 0 atom stereocenters. The first-order chi connectivity index (χ1) is 10.0. The highest BCUT2D eigenvalue weighted by Crippen LogP contribution is 2.27. The maximum Gasteiger partial charge on any atom is 0.214 e. The number of phenols is 1. The molecule has 0 unspecified atom stereocenters. The first-order valence-corrected chi connectivity index (χ1v) is 9.41. The summed E-state index contributed by atoms with van der Waals surface area (Å²) in [4.78, 5) is 0. The second-order valence-corrected chi connectivity index (χ2v) is 7.86. The van der Waals surface area contributed by atoms with Gasteiger partial charge < -0.3 is 5.11 Å². The summed E-state index contributed by atoms with van der Waals surface area (Å²) < 4.78 is 26.9. The predicted molar refractivity (Wildman–Crippen MR) is 84.6 cm³/mol. The largest absolute Gasteiger partial charge is 0.508 e. The second-order valence-electron chi connectivity index (χ2n) is 5.82. The molecule has 0 heterocycles. The lowest BCUT2D eigenvalue weighted by Gasteiger charge is -2.33. The molecule has 0 aliphatic heterocycles. The molecule has 1 fully saturated rings. The van der Waals surface area contributed by atoms with Gasteiger partial charge in [-0.05, 0) is 37.0 Å². The maximum absolute atomic E-state index is 12.6. The van der Waals surface area contributed by atoms with Crippen molar-refractivity contribution in [3.63, 3.8) is 0 Å². The minimum atomic E-state index is -3.21. The minimum absolute atomic E-state index is 0.129. The normalized spacial score (nSPS) is 17.2. The number of aromatic hydroxyl groups is 1. The van der Waals surface area contributed by atoms with Crippen molar-refractivity contribution in [1.82, 2.24) is 4.31 Å². The van der Waals surface area contributed by atoms with Crippen molar-refractivity contribution in [2.24, 2.45) is 0 Å². The van der Waals surface area contributed by atoms with Gasteiger partial charge in [0.1, 0.15) is 5.75 Å². The lowest BCUT2D eigenvalue weighted by atomic mass is 9.95. The number of hydrogen-bond acceptors (Lipinski definition) is 3. The summed E-state index contributed by atoms with van der Waals surface area (Å²) in [6, 6.07) is 6.95. The van der Waals surface area contributed by atoms with Crippen LogP contribution < -0.4 is 0 Å². The van der Waals surface area contributed by atoms with E-state index in [0.29, 0.717) is 13.0 Å². The van der Waals surface area contributed by atoms with E-state index in [9.17, 15) is 13.5 Å². The minimum Gasteiger partial charge on any atom is -0.508 e. The van der Waals surface area contributed by atoms with E-state index in [1.54, 1.807) is 28.6 Å². The Morgan fingerprint density at radius 3 is 2.33 bits per heavy atom. The zero-order chi connectivity index (χ0) is 15.3. The summed E-state index contributed by atoms with van der Waals surface area (Å²) in [5, 5.41) is 9.35. The predicted octanol–water partition coefficient (Wildman–Crippen LogP) is 3.27. The van der Waals surface area contributed by atoms with Crippen LogP contribution in [0.2, 0.25) is 0 Å². The highest BCUT2D eigenvalue weighted by Gasteiger charge is 2.30.